The molecule has 1 atom stereocenters. The van der Waals surface area contributed by atoms with Crippen LogP contribution in [-0.2, 0) is 12.9 Å². The number of aryl methyl sites for hydroxylation is 1. The number of aromatic nitrogens is 4. The molecule has 1 aromatic carbocycles. The maximum absolute atomic E-state index is 13.5. The van der Waals surface area contributed by atoms with Crippen LogP contribution in [0.1, 0.15) is 49.5 Å². The number of hydrogen-bond acceptors (Lipinski definition) is 3. The van der Waals surface area contributed by atoms with Gasteiger partial charge in [-0.25, -0.2) is 14.1 Å². The van der Waals surface area contributed by atoms with Gasteiger partial charge in [0.15, 0.2) is 5.65 Å². The Labute approximate surface area is 158 Å². The van der Waals surface area contributed by atoms with Crippen molar-refractivity contribution in [1.29, 1.82) is 0 Å². The molecule has 0 amide bonds. The normalized spacial score (nSPS) is 13.9. The van der Waals surface area contributed by atoms with Gasteiger partial charge >= 0.3 is 6.18 Å². The van der Waals surface area contributed by atoms with Gasteiger partial charge in [-0.15, -0.1) is 0 Å². The van der Waals surface area contributed by atoms with Crippen molar-refractivity contribution in [1.82, 2.24) is 19.7 Å². The molecule has 2 heterocycles. The largest absolute Gasteiger partial charge is 0.416 e. The van der Waals surface area contributed by atoms with Gasteiger partial charge in [0.25, 0.3) is 5.56 Å². The lowest BCUT2D eigenvalue weighted by molar-refractivity contribution is -0.137. The van der Waals surface area contributed by atoms with E-state index in [0.717, 1.165) is 12.1 Å². The van der Waals surface area contributed by atoms with Gasteiger partial charge in [-0.1, -0.05) is 32.9 Å². The van der Waals surface area contributed by atoms with Gasteiger partial charge < -0.3 is 4.98 Å². The van der Waals surface area contributed by atoms with Crippen molar-refractivity contribution >= 4 is 11.0 Å². The van der Waals surface area contributed by atoms with Crippen molar-refractivity contribution in [2.75, 3.05) is 0 Å². The van der Waals surface area contributed by atoms with Crippen molar-refractivity contribution in [2.24, 2.45) is 5.41 Å². The summed E-state index contributed by atoms with van der Waals surface area (Å²) >= 11 is 0. The molecule has 0 fully saturated rings. The van der Waals surface area contributed by atoms with Gasteiger partial charge in [0.05, 0.1) is 11.6 Å². The third-order valence-corrected chi connectivity index (χ3v) is 4.50. The Kier molecular flexibility index (Phi) is 4.81. The number of nitrogens with one attached hydrogen (secondary N) is 1. The Morgan fingerprint density at radius 2 is 1.75 bits per heavy atom. The zero-order valence-corrected chi connectivity index (χ0v) is 15.9. The second-order valence-corrected chi connectivity index (χ2v) is 7.76. The molecular weight excluding hydrogens is 376 g/mol. The third kappa shape index (κ3) is 3.53. The molecular formula is C19H20F4N4O. The first-order valence-electron chi connectivity index (χ1n) is 8.64. The highest BCUT2D eigenvalue weighted by molar-refractivity contribution is 5.77. The summed E-state index contributed by atoms with van der Waals surface area (Å²) in [7, 11) is 0. The number of alkyl halides is 4. The van der Waals surface area contributed by atoms with Gasteiger partial charge in [-0.05, 0) is 30.0 Å². The average molecular weight is 396 g/mol. The van der Waals surface area contributed by atoms with Gasteiger partial charge in [0.1, 0.15) is 23.6 Å². The molecule has 2 aromatic heterocycles. The Morgan fingerprint density at radius 1 is 1.14 bits per heavy atom. The van der Waals surface area contributed by atoms with Crippen LogP contribution >= 0.6 is 0 Å². The van der Waals surface area contributed by atoms with E-state index in [2.05, 4.69) is 15.1 Å². The van der Waals surface area contributed by atoms with Gasteiger partial charge in [0, 0.05) is 0 Å². The fourth-order valence-electron chi connectivity index (χ4n) is 3.36. The summed E-state index contributed by atoms with van der Waals surface area (Å²) in [4.78, 5) is 19.2. The van der Waals surface area contributed by atoms with Crippen LogP contribution in [0.2, 0.25) is 0 Å². The molecule has 5 nitrogen and oxygen atoms in total. The topological polar surface area (TPSA) is 63.6 Å². The fraction of sp³-hybridized carbons (Fsp3) is 0.421. The standard InChI is InChI=1S/C19H20F4N4O/c1-10-24-16-14(17(28)25-10)13(9-20)26-27(16)15(18(2,3)4)11-5-7-12(8-6-11)19(21,22)23/h5-8,15H,9H2,1-4H3,(H,24,25,28). The lowest BCUT2D eigenvalue weighted by Gasteiger charge is -2.31. The second-order valence-electron chi connectivity index (χ2n) is 7.76. The number of fused-ring (bicyclic) bond motifs is 1. The summed E-state index contributed by atoms with van der Waals surface area (Å²) in [6, 6.07) is 4.19. The maximum Gasteiger partial charge on any atom is 0.416 e. The van der Waals surface area contributed by atoms with Gasteiger partial charge in [-0.2, -0.15) is 18.3 Å². The average Bonchev–Trinajstić information content (AvgIpc) is 2.92. The van der Waals surface area contributed by atoms with E-state index < -0.39 is 35.4 Å². The van der Waals surface area contributed by atoms with Crippen LogP contribution in [0.15, 0.2) is 29.1 Å². The number of nitrogens with zero attached hydrogens (tertiary/aromatic N) is 3. The van der Waals surface area contributed by atoms with E-state index in [-0.39, 0.29) is 16.7 Å². The Hall–Kier alpha value is -2.71. The molecule has 1 unspecified atom stereocenters. The zero-order chi connectivity index (χ0) is 20.9. The van der Waals surface area contributed by atoms with Crippen LogP contribution in [0.4, 0.5) is 17.6 Å². The van der Waals surface area contributed by atoms with Crippen molar-refractivity contribution in [2.45, 2.75) is 46.6 Å². The molecule has 0 saturated carbocycles. The second kappa shape index (κ2) is 6.72. The molecule has 0 bridgehead atoms. The van der Waals surface area contributed by atoms with Crippen LogP contribution in [0.3, 0.4) is 0 Å². The molecule has 0 aliphatic carbocycles. The first kappa shape index (κ1) is 20.0. The minimum atomic E-state index is -4.44. The van der Waals surface area contributed by atoms with Crippen molar-refractivity contribution < 1.29 is 17.6 Å². The van der Waals surface area contributed by atoms with Crippen molar-refractivity contribution in [3.8, 4) is 0 Å². The van der Waals surface area contributed by atoms with Gasteiger partial charge in [-0.3, -0.25) is 4.79 Å². The predicted octanol–water partition coefficient (Wildman–Crippen LogP) is 4.55. The number of rotatable bonds is 3. The highest BCUT2D eigenvalue weighted by Crippen LogP contribution is 2.39. The maximum atomic E-state index is 13.5. The molecule has 150 valence electrons. The number of aromatic amines is 1. The first-order valence-corrected chi connectivity index (χ1v) is 8.64. The van der Waals surface area contributed by atoms with Crippen LogP contribution in [0.5, 0.6) is 0 Å². The summed E-state index contributed by atoms with van der Waals surface area (Å²) in [5, 5.41) is 4.31. The van der Waals surface area contributed by atoms with Crippen LogP contribution < -0.4 is 5.56 Å². The van der Waals surface area contributed by atoms with Crippen LogP contribution in [0.25, 0.3) is 11.0 Å². The summed E-state index contributed by atoms with van der Waals surface area (Å²) in [6.07, 6.45) is -4.44. The van der Waals surface area contributed by atoms with E-state index in [0.29, 0.717) is 11.4 Å². The SMILES string of the molecule is Cc1nc2c(c(CF)nn2C(c2ccc(C(F)(F)F)cc2)C(C)(C)C)c(=O)[nH]1. The van der Waals surface area contributed by atoms with Crippen molar-refractivity contribution in [3.63, 3.8) is 0 Å². The lowest BCUT2D eigenvalue weighted by Crippen LogP contribution is -2.27. The van der Waals surface area contributed by atoms with Crippen LogP contribution in [0, 0.1) is 12.3 Å². The van der Waals surface area contributed by atoms with E-state index in [9.17, 15) is 22.4 Å². The highest BCUT2D eigenvalue weighted by atomic mass is 19.4. The Morgan fingerprint density at radius 3 is 2.25 bits per heavy atom. The van der Waals surface area contributed by atoms with Crippen molar-refractivity contribution in [3.05, 3.63) is 57.3 Å². The van der Waals surface area contributed by atoms with E-state index >= 15 is 0 Å². The number of hydrogen-bond donors (Lipinski definition) is 1. The molecule has 3 rings (SSSR count). The van der Waals surface area contributed by atoms with E-state index in [1.54, 1.807) is 6.92 Å². The van der Waals surface area contributed by atoms with E-state index in [4.69, 9.17) is 0 Å². The molecule has 0 radical (unpaired) electrons. The first-order chi connectivity index (χ1) is 12.9. The minimum Gasteiger partial charge on any atom is -0.310 e. The quantitative estimate of drug-likeness (QED) is 0.661. The number of H-pyrrole nitrogens is 1. The summed E-state index contributed by atoms with van der Waals surface area (Å²) in [6.45, 7) is 6.30. The highest BCUT2D eigenvalue weighted by Gasteiger charge is 2.34. The smallest absolute Gasteiger partial charge is 0.310 e. The molecule has 0 aliphatic heterocycles. The summed E-state index contributed by atoms with van der Waals surface area (Å²) in [5.41, 5.74) is -1.07. The fourth-order valence-corrected chi connectivity index (χ4v) is 3.36. The lowest BCUT2D eigenvalue weighted by atomic mass is 9.82. The molecule has 0 spiro atoms. The van der Waals surface area contributed by atoms with Crippen LogP contribution in [-0.4, -0.2) is 19.7 Å². The molecule has 28 heavy (non-hydrogen) atoms. The number of halogens is 4. The number of benzene rings is 1. The summed E-state index contributed by atoms with van der Waals surface area (Å²) in [5.74, 6) is 0.337. The Balaban J connectivity index is 2.26. The molecule has 9 heteroatoms. The van der Waals surface area contributed by atoms with E-state index in [1.165, 1.54) is 16.8 Å². The third-order valence-electron chi connectivity index (χ3n) is 4.50. The molecule has 0 saturated heterocycles. The monoisotopic (exact) mass is 396 g/mol. The summed E-state index contributed by atoms with van der Waals surface area (Å²) < 4.78 is 53.7. The molecule has 0 aliphatic rings. The Bertz CT molecular complexity index is 1060. The van der Waals surface area contributed by atoms with Gasteiger partial charge in [0.2, 0.25) is 0 Å². The minimum absolute atomic E-state index is 0.0502. The predicted molar refractivity (Wildman–Crippen MR) is 96.7 cm³/mol. The van der Waals surface area contributed by atoms with E-state index in [1.807, 2.05) is 20.8 Å². The zero-order valence-electron chi connectivity index (χ0n) is 15.9. The molecule has 3 aromatic rings. The molecule has 1 N–H and O–H groups in total.